The lowest BCUT2D eigenvalue weighted by Crippen LogP contribution is -2.34. The van der Waals surface area contributed by atoms with Gasteiger partial charge in [0.05, 0.1) is 18.4 Å². The third kappa shape index (κ3) is 13.4. The van der Waals surface area contributed by atoms with Crippen LogP contribution in [0, 0.1) is 23.7 Å². The fourth-order valence-electron chi connectivity index (χ4n) is 3.44. The second kappa shape index (κ2) is 18.0. The average Bonchev–Trinajstić information content (AvgIpc) is 2.75. The maximum Gasteiger partial charge on any atom is 0.308 e. The first-order valence-corrected chi connectivity index (χ1v) is 12.0. The molecule has 0 aromatic heterocycles. The maximum absolute atomic E-state index is 12.8. The zero-order chi connectivity index (χ0) is 23.6. The standard InChI is InChI=1S/C24H45NO6/c1-6-10-12-19(8-3)16-31-24(29)21(15-20(9-4)23(27)28)14-18(5)22(26)25-17-30-13-11-7-2/h18-21H,6-17H2,1-5H3,(H,25,26)(H,27,28). The van der Waals surface area contributed by atoms with Gasteiger partial charge in [-0.3, -0.25) is 14.4 Å². The van der Waals surface area contributed by atoms with Gasteiger partial charge in [0.1, 0.15) is 6.73 Å². The van der Waals surface area contributed by atoms with E-state index < -0.39 is 29.7 Å². The zero-order valence-electron chi connectivity index (χ0n) is 20.3. The normalized spacial score (nSPS) is 15.0. The Hall–Kier alpha value is -1.63. The van der Waals surface area contributed by atoms with Crippen molar-refractivity contribution in [2.75, 3.05) is 19.9 Å². The number of nitrogens with one attached hydrogen (secondary N) is 1. The number of hydrogen-bond acceptors (Lipinski definition) is 5. The number of unbranched alkanes of at least 4 members (excludes halogenated alkanes) is 2. The van der Waals surface area contributed by atoms with Crippen molar-refractivity contribution in [3.05, 3.63) is 0 Å². The molecular formula is C24H45NO6. The van der Waals surface area contributed by atoms with Gasteiger partial charge < -0.3 is 19.9 Å². The Morgan fingerprint density at radius 3 is 2.16 bits per heavy atom. The van der Waals surface area contributed by atoms with E-state index in [1.165, 1.54) is 0 Å². The highest BCUT2D eigenvalue weighted by Gasteiger charge is 2.30. The Balaban J connectivity index is 4.92. The average molecular weight is 444 g/mol. The molecule has 0 saturated heterocycles. The topological polar surface area (TPSA) is 102 Å². The van der Waals surface area contributed by atoms with E-state index in [9.17, 15) is 19.5 Å². The molecule has 0 rings (SSSR count). The van der Waals surface area contributed by atoms with Crippen molar-refractivity contribution in [1.29, 1.82) is 0 Å². The number of amides is 1. The van der Waals surface area contributed by atoms with Gasteiger partial charge in [0.15, 0.2) is 0 Å². The van der Waals surface area contributed by atoms with Gasteiger partial charge in [-0.05, 0) is 38.0 Å². The second-order valence-electron chi connectivity index (χ2n) is 8.51. The molecule has 4 atom stereocenters. The van der Waals surface area contributed by atoms with Gasteiger partial charge in [-0.25, -0.2) is 0 Å². The van der Waals surface area contributed by atoms with Gasteiger partial charge in [0.25, 0.3) is 0 Å². The van der Waals surface area contributed by atoms with E-state index in [0.717, 1.165) is 38.5 Å². The Morgan fingerprint density at radius 1 is 0.935 bits per heavy atom. The Bertz CT molecular complexity index is 510. The third-order valence-electron chi connectivity index (χ3n) is 5.83. The maximum atomic E-state index is 12.8. The fourth-order valence-corrected chi connectivity index (χ4v) is 3.44. The van der Waals surface area contributed by atoms with Crippen LogP contribution in [0.2, 0.25) is 0 Å². The van der Waals surface area contributed by atoms with E-state index in [0.29, 0.717) is 25.6 Å². The molecule has 0 aliphatic rings. The number of ether oxygens (including phenoxy) is 2. The molecule has 0 fully saturated rings. The van der Waals surface area contributed by atoms with E-state index >= 15 is 0 Å². The number of carboxylic acids is 1. The quantitative estimate of drug-likeness (QED) is 0.169. The molecule has 0 saturated carbocycles. The molecule has 7 nitrogen and oxygen atoms in total. The van der Waals surface area contributed by atoms with E-state index in [1.54, 1.807) is 13.8 Å². The van der Waals surface area contributed by atoms with Crippen LogP contribution in [0.25, 0.3) is 0 Å². The van der Waals surface area contributed by atoms with Crippen LogP contribution in [0.15, 0.2) is 0 Å². The molecule has 1 amide bonds. The Morgan fingerprint density at radius 2 is 1.61 bits per heavy atom. The van der Waals surface area contributed by atoms with E-state index in [1.807, 2.05) is 0 Å². The first-order chi connectivity index (χ1) is 14.8. The van der Waals surface area contributed by atoms with Gasteiger partial charge in [-0.15, -0.1) is 0 Å². The minimum Gasteiger partial charge on any atom is -0.481 e. The molecule has 0 radical (unpaired) electrons. The van der Waals surface area contributed by atoms with Crippen molar-refractivity contribution < 1.29 is 29.0 Å². The molecule has 4 unspecified atom stereocenters. The number of carbonyl (C=O) groups excluding carboxylic acids is 2. The molecule has 0 bridgehead atoms. The molecule has 0 aliphatic heterocycles. The molecule has 31 heavy (non-hydrogen) atoms. The predicted octanol–water partition coefficient (Wildman–Crippen LogP) is 4.78. The molecular weight excluding hydrogens is 398 g/mol. The van der Waals surface area contributed by atoms with E-state index in [2.05, 4.69) is 26.1 Å². The van der Waals surface area contributed by atoms with Crippen LogP contribution in [0.4, 0.5) is 0 Å². The van der Waals surface area contributed by atoms with Gasteiger partial charge in [0.2, 0.25) is 5.91 Å². The molecule has 0 aromatic carbocycles. The first-order valence-electron chi connectivity index (χ1n) is 12.0. The Kier molecular flexibility index (Phi) is 17.0. The molecule has 0 aromatic rings. The van der Waals surface area contributed by atoms with Crippen LogP contribution in [0.1, 0.15) is 92.4 Å². The summed E-state index contributed by atoms with van der Waals surface area (Å²) in [5, 5.41) is 12.2. The van der Waals surface area contributed by atoms with Crippen LogP contribution < -0.4 is 5.32 Å². The van der Waals surface area contributed by atoms with Crippen molar-refractivity contribution in [1.82, 2.24) is 5.32 Å². The monoisotopic (exact) mass is 443 g/mol. The van der Waals surface area contributed by atoms with Crippen molar-refractivity contribution in [3.63, 3.8) is 0 Å². The lowest BCUT2D eigenvalue weighted by Gasteiger charge is -2.23. The zero-order valence-corrected chi connectivity index (χ0v) is 20.3. The lowest BCUT2D eigenvalue weighted by molar-refractivity contribution is -0.152. The highest BCUT2D eigenvalue weighted by atomic mass is 16.5. The van der Waals surface area contributed by atoms with Gasteiger partial charge in [-0.1, -0.05) is 60.3 Å². The van der Waals surface area contributed by atoms with Crippen LogP contribution in [0.5, 0.6) is 0 Å². The minimum absolute atomic E-state index is 0.139. The van der Waals surface area contributed by atoms with Crippen molar-refractivity contribution in [2.24, 2.45) is 23.7 Å². The van der Waals surface area contributed by atoms with Crippen LogP contribution in [-0.4, -0.2) is 42.9 Å². The largest absolute Gasteiger partial charge is 0.481 e. The Labute approximate surface area is 188 Å². The van der Waals surface area contributed by atoms with E-state index in [4.69, 9.17) is 9.47 Å². The number of hydrogen-bond donors (Lipinski definition) is 2. The molecule has 7 heteroatoms. The van der Waals surface area contributed by atoms with Gasteiger partial charge in [0, 0.05) is 12.5 Å². The summed E-state index contributed by atoms with van der Waals surface area (Å²) in [5.41, 5.74) is 0. The highest BCUT2D eigenvalue weighted by Crippen LogP contribution is 2.25. The van der Waals surface area contributed by atoms with E-state index in [-0.39, 0.29) is 25.5 Å². The van der Waals surface area contributed by atoms with Crippen LogP contribution in [0.3, 0.4) is 0 Å². The summed E-state index contributed by atoms with van der Waals surface area (Å²) in [4.78, 5) is 36.7. The van der Waals surface area contributed by atoms with Gasteiger partial charge >= 0.3 is 11.9 Å². The molecule has 0 heterocycles. The summed E-state index contributed by atoms with van der Waals surface area (Å²) in [6.45, 7) is 10.9. The number of carboxylic acid groups (broad SMARTS) is 1. The summed E-state index contributed by atoms with van der Waals surface area (Å²) >= 11 is 0. The molecule has 182 valence electrons. The number of esters is 1. The fraction of sp³-hybridized carbons (Fsp3) is 0.875. The minimum atomic E-state index is -0.920. The lowest BCUT2D eigenvalue weighted by atomic mass is 9.86. The number of aliphatic carboxylic acids is 1. The van der Waals surface area contributed by atoms with Gasteiger partial charge in [-0.2, -0.15) is 0 Å². The summed E-state index contributed by atoms with van der Waals surface area (Å²) in [5.74, 6) is -2.90. The molecule has 0 aliphatic carbocycles. The number of rotatable bonds is 19. The summed E-state index contributed by atoms with van der Waals surface area (Å²) in [6.07, 6.45) is 6.95. The highest BCUT2D eigenvalue weighted by molar-refractivity contribution is 5.80. The number of carbonyl (C=O) groups is 3. The summed E-state index contributed by atoms with van der Waals surface area (Å²) in [7, 11) is 0. The summed E-state index contributed by atoms with van der Waals surface area (Å²) < 4.78 is 11.0. The van der Waals surface area contributed by atoms with Crippen molar-refractivity contribution >= 4 is 17.8 Å². The predicted molar refractivity (Wildman–Crippen MR) is 121 cm³/mol. The first kappa shape index (κ1) is 29.4. The SMILES string of the molecule is CCCCOCNC(=O)C(C)CC(CC(CC)C(=O)O)C(=O)OCC(CC)CCCC. The van der Waals surface area contributed by atoms with Crippen molar-refractivity contribution in [2.45, 2.75) is 92.4 Å². The van der Waals surface area contributed by atoms with Crippen molar-refractivity contribution in [3.8, 4) is 0 Å². The second-order valence-corrected chi connectivity index (χ2v) is 8.51. The van der Waals surface area contributed by atoms with Crippen LogP contribution >= 0.6 is 0 Å². The molecule has 2 N–H and O–H groups in total. The van der Waals surface area contributed by atoms with Crippen LogP contribution in [-0.2, 0) is 23.9 Å². The summed E-state index contributed by atoms with van der Waals surface area (Å²) in [6, 6.07) is 0. The molecule has 0 spiro atoms. The smallest absolute Gasteiger partial charge is 0.308 e. The third-order valence-corrected chi connectivity index (χ3v) is 5.83.